The maximum Gasteiger partial charge on any atom is 0.255 e. The monoisotopic (exact) mass is 372 g/mol. The number of nitrogens with one attached hydrogen (secondary N) is 1. The topological polar surface area (TPSA) is 71.1 Å². The highest BCUT2D eigenvalue weighted by atomic mass is 16.5. The standard InChI is InChI=1S/C22H20N4O2/c1-2-12-28-18-7-5-16(6-8-18)14-26-11-9-20-19(15-26)22(27)25-21(24-20)17-4-3-10-23-13-17/h1,3-8,10,13H,9,11-12,14-15H2,(H,24,25,27). The van der Waals surface area contributed by atoms with Crippen molar-refractivity contribution in [3.63, 3.8) is 0 Å². The summed E-state index contributed by atoms with van der Waals surface area (Å²) in [4.78, 5) is 26.5. The van der Waals surface area contributed by atoms with E-state index in [-0.39, 0.29) is 12.2 Å². The van der Waals surface area contributed by atoms with Crippen molar-refractivity contribution in [2.45, 2.75) is 19.5 Å². The van der Waals surface area contributed by atoms with Crippen LogP contribution < -0.4 is 10.3 Å². The lowest BCUT2D eigenvalue weighted by atomic mass is 10.1. The first-order chi connectivity index (χ1) is 13.7. The second kappa shape index (κ2) is 8.07. The number of hydrogen-bond donors (Lipinski definition) is 1. The highest BCUT2D eigenvalue weighted by Gasteiger charge is 2.21. The van der Waals surface area contributed by atoms with E-state index < -0.39 is 0 Å². The molecule has 0 fully saturated rings. The minimum Gasteiger partial charge on any atom is -0.481 e. The number of H-pyrrole nitrogens is 1. The van der Waals surface area contributed by atoms with Crippen molar-refractivity contribution in [2.24, 2.45) is 0 Å². The van der Waals surface area contributed by atoms with E-state index in [2.05, 4.69) is 25.8 Å². The van der Waals surface area contributed by atoms with Gasteiger partial charge in [0.2, 0.25) is 0 Å². The summed E-state index contributed by atoms with van der Waals surface area (Å²) >= 11 is 0. The molecule has 0 unspecified atom stereocenters. The molecule has 0 saturated carbocycles. The van der Waals surface area contributed by atoms with Gasteiger partial charge in [-0.15, -0.1) is 6.42 Å². The molecule has 6 heteroatoms. The van der Waals surface area contributed by atoms with Gasteiger partial charge < -0.3 is 9.72 Å². The van der Waals surface area contributed by atoms with Crippen LogP contribution in [0.25, 0.3) is 11.4 Å². The van der Waals surface area contributed by atoms with E-state index >= 15 is 0 Å². The van der Waals surface area contributed by atoms with Gasteiger partial charge in [-0.25, -0.2) is 4.98 Å². The molecule has 140 valence electrons. The first-order valence-electron chi connectivity index (χ1n) is 9.13. The predicted molar refractivity (Wildman–Crippen MR) is 107 cm³/mol. The number of terminal acetylenes is 1. The number of aromatic amines is 1. The summed E-state index contributed by atoms with van der Waals surface area (Å²) in [6.07, 6.45) is 9.36. The zero-order valence-electron chi connectivity index (χ0n) is 15.4. The van der Waals surface area contributed by atoms with Gasteiger partial charge in [0.1, 0.15) is 18.2 Å². The van der Waals surface area contributed by atoms with E-state index in [9.17, 15) is 4.79 Å². The highest BCUT2D eigenvalue weighted by Crippen LogP contribution is 2.20. The molecule has 0 saturated heterocycles. The van der Waals surface area contributed by atoms with Crippen LogP contribution in [-0.4, -0.2) is 33.0 Å². The fourth-order valence-corrected chi connectivity index (χ4v) is 3.33. The van der Waals surface area contributed by atoms with Gasteiger partial charge in [-0.1, -0.05) is 18.1 Å². The molecule has 0 radical (unpaired) electrons. The molecule has 3 heterocycles. The van der Waals surface area contributed by atoms with Gasteiger partial charge in [-0.05, 0) is 29.8 Å². The first-order valence-corrected chi connectivity index (χ1v) is 9.13. The van der Waals surface area contributed by atoms with Crippen molar-refractivity contribution in [3.8, 4) is 29.5 Å². The Hall–Kier alpha value is -3.43. The minimum absolute atomic E-state index is 0.0772. The van der Waals surface area contributed by atoms with Gasteiger partial charge in [-0.3, -0.25) is 14.7 Å². The minimum atomic E-state index is -0.0772. The maximum atomic E-state index is 12.6. The number of ether oxygens (including phenoxy) is 1. The zero-order valence-corrected chi connectivity index (χ0v) is 15.4. The Morgan fingerprint density at radius 2 is 2.11 bits per heavy atom. The van der Waals surface area contributed by atoms with E-state index in [4.69, 9.17) is 11.2 Å². The normalized spacial score (nSPS) is 13.5. The number of hydrogen-bond acceptors (Lipinski definition) is 5. The highest BCUT2D eigenvalue weighted by molar-refractivity contribution is 5.53. The van der Waals surface area contributed by atoms with Crippen LogP contribution in [0.3, 0.4) is 0 Å². The maximum absolute atomic E-state index is 12.6. The van der Waals surface area contributed by atoms with Gasteiger partial charge in [0.25, 0.3) is 5.56 Å². The van der Waals surface area contributed by atoms with Crippen LogP contribution in [0.1, 0.15) is 16.8 Å². The van der Waals surface area contributed by atoms with Crippen molar-refractivity contribution < 1.29 is 4.74 Å². The molecule has 4 rings (SSSR count). The van der Waals surface area contributed by atoms with Crippen LogP contribution in [0.15, 0.2) is 53.6 Å². The van der Waals surface area contributed by atoms with Crippen LogP contribution in [0, 0.1) is 12.3 Å². The molecule has 28 heavy (non-hydrogen) atoms. The Bertz CT molecular complexity index is 1050. The molecule has 1 aromatic carbocycles. The summed E-state index contributed by atoms with van der Waals surface area (Å²) in [6, 6.07) is 11.6. The third-order valence-electron chi connectivity index (χ3n) is 4.73. The Balaban J connectivity index is 1.48. The largest absolute Gasteiger partial charge is 0.481 e. The van der Waals surface area contributed by atoms with Crippen LogP contribution in [0.4, 0.5) is 0 Å². The quantitative estimate of drug-likeness (QED) is 0.697. The lowest BCUT2D eigenvalue weighted by molar-refractivity contribution is 0.241. The second-order valence-electron chi connectivity index (χ2n) is 6.68. The van der Waals surface area contributed by atoms with E-state index in [1.807, 2.05) is 36.4 Å². The van der Waals surface area contributed by atoms with Crippen LogP contribution in [-0.2, 0) is 19.5 Å². The molecule has 0 atom stereocenters. The number of benzene rings is 1. The molecule has 2 aromatic heterocycles. The van der Waals surface area contributed by atoms with Gasteiger partial charge in [-0.2, -0.15) is 0 Å². The molecule has 1 aliphatic heterocycles. The SMILES string of the molecule is C#CCOc1ccc(CN2CCc3nc(-c4cccnc4)[nH]c(=O)c3C2)cc1. The molecule has 0 aliphatic carbocycles. The summed E-state index contributed by atoms with van der Waals surface area (Å²) in [6.45, 7) is 2.46. The van der Waals surface area contributed by atoms with Crippen molar-refractivity contribution in [2.75, 3.05) is 13.2 Å². The first kappa shape index (κ1) is 18.0. The Morgan fingerprint density at radius 3 is 2.86 bits per heavy atom. The van der Waals surface area contributed by atoms with Gasteiger partial charge in [0.05, 0.1) is 11.3 Å². The summed E-state index contributed by atoms with van der Waals surface area (Å²) in [5.74, 6) is 3.79. The molecular formula is C22H20N4O2. The van der Waals surface area contributed by atoms with Crippen molar-refractivity contribution >= 4 is 0 Å². The molecule has 1 N–H and O–H groups in total. The number of aromatic nitrogens is 3. The van der Waals surface area contributed by atoms with Crippen LogP contribution >= 0.6 is 0 Å². The molecule has 0 spiro atoms. The molecule has 3 aromatic rings. The van der Waals surface area contributed by atoms with Crippen molar-refractivity contribution in [1.82, 2.24) is 19.9 Å². The second-order valence-corrected chi connectivity index (χ2v) is 6.68. The van der Waals surface area contributed by atoms with Gasteiger partial charge in [0.15, 0.2) is 0 Å². The van der Waals surface area contributed by atoms with Crippen LogP contribution in [0.2, 0.25) is 0 Å². The lowest BCUT2D eigenvalue weighted by Gasteiger charge is -2.27. The van der Waals surface area contributed by atoms with Gasteiger partial charge >= 0.3 is 0 Å². The molecule has 0 bridgehead atoms. The third kappa shape index (κ3) is 3.95. The lowest BCUT2D eigenvalue weighted by Crippen LogP contribution is -2.35. The molecule has 1 aliphatic rings. The smallest absolute Gasteiger partial charge is 0.255 e. The Labute approximate surface area is 163 Å². The number of pyridine rings is 1. The fraction of sp³-hybridized carbons (Fsp3) is 0.227. The zero-order chi connectivity index (χ0) is 19.3. The summed E-state index contributed by atoms with van der Waals surface area (Å²) in [5, 5.41) is 0. The third-order valence-corrected chi connectivity index (χ3v) is 4.73. The summed E-state index contributed by atoms with van der Waals surface area (Å²) < 4.78 is 5.40. The average Bonchev–Trinajstić information content (AvgIpc) is 2.74. The van der Waals surface area contributed by atoms with Crippen molar-refractivity contribution in [1.29, 1.82) is 0 Å². The van der Waals surface area contributed by atoms with Gasteiger partial charge in [0, 0.05) is 44.0 Å². The van der Waals surface area contributed by atoms with Crippen molar-refractivity contribution in [3.05, 3.63) is 76.0 Å². The molecule has 0 amide bonds. The molecule has 6 nitrogen and oxygen atoms in total. The fourth-order valence-electron chi connectivity index (χ4n) is 3.33. The Kier molecular flexibility index (Phi) is 5.18. The summed E-state index contributed by atoms with van der Waals surface area (Å²) in [7, 11) is 0. The number of fused-ring (bicyclic) bond motifs is 1. The van der Waals surface area contributed by atoms with E-state index in [0.29, 0.717) is 12.4 Å². The summed E-state index contributed by atoms with van der Waals surface area (Å²) in [5.41, 5.74) is 3.51. The predicted octanol–water partition coefficient (Wildman–Crippen LogP) is 2.40. The average molecular weight is 372 g/mol. The number of nitrogens with zero attached hydrogens (tertiary/aromatic N) is 3. The number of rotatable bonds is 5. The van der Waals surface area contributed by atoms with Crippen LogP contribution in [0.5, 0.6) is 5.75 Å². The molecular weight excluding hydrogens is 352 g/mol. The van der Waals surface area contributed by atoms with E-state index in [1.165, 1.54) is 0 Å². The van der Waals surface area contributed by atoms with E-state index in [1.54, 1.807) is 12.4 Å². The van der Waals surface area contributed by atoms with E-state index in [0.717, 1.165) is 47.6 Å². The Morgan fingerprint density at radius 1 is 1.25 bits per heavy atom.